The Hall–Kier alpha value is -1.60. The minimum atomic E-state index is -0.260. The Morgan fingerprint density at radius 3 is 2.59 bits per heavy atom. The van der Waals surface area contributed by atoms with E-state index in [9.17, 15) is 4.79 Å². The SMILES string of the molecule is CCOC(=O)N1CCC2(CC(N3CCC(OC)(c4nccn4C)CC3)C2)C1. The van der Waals surface area contributed by atoms with E-state index in [0.717, 1.165) is 51.3 Å². The van der Waals surface area contributed by atoms with Crippen molar-refractivity contribution >= 4 is 6.09 Å². The van der Waals surface area contributed by atoms with Crippen molar-refractivity contribution in [2.75, 3.05) is 39.9 Å². The Morgan fingerprint density at radius 1 is 1.26 bits per heavy atom. The largest absolute Gasteiger partial charge is 0.450 e. The van der Waals surface area contributed by atoms with Gasteiger partial charge in [0.25, 0.3) is 0 Å². The second kappa shape index (κ2) is 7.09. The molecule has 1 aromatic heterocycles. The lowest BCUT2D eigenvalue weighted by Gasteiger charge is -2.52. The summed E-state index contributed by atoms with van der Waals surface area (Å²) in [4.78, 5) is 21.0. The highest BCUT2D eigenvalue weighted by molar-refractivity contribution is 5.68. The summed E-state index contributed by atoms with van der Waals surface area (Å²) in [7, 11) is 3.85. The predicted molar refractivity (Wildman–Crippen MR) is 101 cm³/mol. The minimum absolute atomic E-state index is 0.143. The lowest BCUT2D eigenvalue weighted by molar-refractivity contribution is -0.0948. The van der Waals surface area contributed by atoms with E-state index >= 15 is 0 Å². The van der Waals surface area contributed by atoms with Gasteiger partial charge in [-0.1, -0.05) is 0 Å². The molecule has 27 heavy (non-hydrogen) atoms. The molecule has 0 bridgehead atoms. The smallest absolute Gasteiger partial charge is 0.409 e. The maximum absolute atomic E-state index is 12.0. The fourth-order valence-electron chi connectivity index (χ4n) is 5.41. The molecule has 2 saturated heterocycles. The zero-order valence-corrected chi connectivity index (χ0v) is 16.8. The van der Waals surface area contributed by atoms with Gasteiger partial charge >= 0.3 is 6.09 Å². The van der Waals surface area contributed by atoms with Crippen molar-refractivity contribution < 1.29 is 14.3 Å². The molecule has 0 unspecified atom stereocenters. The van der Waals surface area contributed by atoms with Gasteiger partial charge in [0.15, 0.2) is 0 Å². The number of hydrogen-bond acceptors (Lipinski definition) is 5. The maximum atomic E-state index is 12.0. The van der Waals surface area contributed by atoms with Gasteiger partial charge in [0.05, 0.1) is 6.61 Å². The molecule has 1 aliphatic carbocycles. The van der Waals surface area contributed by atoms with Crippen LogP contribution >= 0.6 is 0 Å². The van der Waals surface area contributed by atoms with Crippen molar-refractivity contribution in [1.82, 2.24) is 19.4 Å². The van der Waals surface area contributed by atoms with E-state index in [-0.39, 0.29) is 11.7 Å². The van der Waals surface area contributed by atoms with Gasteiger partial charge in [0.1, 0.15) is 11.4 Å². The molecule has 1 spiro atoms. The summed E-state index contributed by atoms with van der Waals surface area (Å²) in [6.45, 7) is 6.12. The van der Waals surface area contributed by atoms with Crippen LogP contribution in [-0.4, -0.2) is 71.4 Å². The average Bonchev–Trinajstić information content (AvgIpc) is 3.28. The van der Waals surface area contributed by atoms with E-state index in [4.69, 9.17) is 9.47 Å². The number of amides is 1. The van der Waals surface area contributed by atoms with Crippen LogP contribution in [0, 0.1) is 5.41 Å². The lowest BCUT2D eigenvalue weighted by Crippen LogP contribution is -2.56. The molecule has 4 rings (SSSR count). The first kappa shape index (κ1) is 18.7. The predicted octanol–water partition coefficient (Wildman–Crippen LogP) is 2.37. The van der Waals surface area contributed by atoms with E-state index in [1.54, 1.807) is 0 Å². The molecule has 0 aromatic carbocycles. The van der Waals surface area contributed by atoms with Crippen LogP contribution in [0.1, 0.15) is 44.9 Å². The number of nitrogens with zero attached hydrogens (tertiary/aromatic N) is 4. The van der Waals surface area contributed by atoms with Crippen LogP contribution in [0.2, 0.25) is 0 Å². The first-order valence-corrected chi connectivity index (χ1v) is 10.2. The molecule has 7 heteroatoms. The van der Waals surface area contributed by atoms with Crippen LogP contribution in [0.4, 0.5) is 4.79 Å². The number of aryl methyl sites for hydroxylation is 1. The Bertz CT molecular complexity index is 675. The molecule has 150 valence electrons. The van der Waals surface area contributed by atoms with Gasteiger partial charge in [0.2, 0.25) is 0 Å². The molecule has 0 N–H and O–H groups in total. The van der Waals surface area contributed by atoms with Gasteiger partial charge in [-0.2, -0.15) is 0 Å². The molecule has 3 fully saturated rings. The molecule has 7 nitrogen and oxygen atoms in total. The molecule has 0 radical (unpaired) electrons. The second-order valence-electron chi connectivity index (χ2n) is 8.53. The molecular weight excluding hydrogens is 344 g/mol. The Kier molecular flexibility index (Phi) is 4.93. The highest BCUT2D eigenvalue weighted by atomic mass is 16.6. The van der Waals surface area contributed by atoms with Crippen molar-refractivity contribution in [2.24, 2.45) is 12.5 Å². The van der Waals surface area contributed by atoms with Gasteiger partial charge in [-0.25, -0.2) is 9.78 Å². The van der Waals surface area contributed by atoms with Crippen LogP contribution in [0.5, 0.6) is 0 Å². The zero-order valence-electron chi connectivity index (χ0n) is 16.8. The molecule has 2 aliphatic heterocycles. The topological polar surface area (TPSA) is 59.8 Å². The summed E-state index contributed by atoms with van der Waals surface area (Å²) in [6.07, 6.45) is 9.18. The number of carbonyl (C=O) groups excluding carboxylic acids is 1. The number of aromatic nitrogens is 2. The summed E-state index contributed by atoms with van der Waals surface area (Å²) in [5, 5.41) is 0. The van der Waals surface area contributed by atoms with E-state index in [2.05, 4.69) is 14.5 Å². The normalized spacial score (nSPS) is 30.5. The standard InChI is InChI=1S/C20H32N4O3/c1-4-27-18(25)24-9-5-19(15-24)13-16(14-19)23-10-6-20(26-3,7-11-23)17-21-8-12-22(17)2/h8,12,16H,4-7,9-11,13-15H2,1-3H3. The first-order chi connectivity index (χ1) is 13.0. The fourth-order valence-corrected chi connectivity index (χ4v) is 5.41. The number of ether oxygens (including phenoxy) is 2. The molecule has 3 heterocycles. The molecule has 1 aromatic rings. The van der Waals surface area contributed by atoms with Crippen molar-refractivity contribution in [3.05, 3.63) is 18.2 Å². The summed E-state index contributed by atoms with van der Waals surface area (Å²) in [5.74, 6) is 1.04. The average molecular weight is 377 g/mol. The van der Waals surface area contributed by atoms with E-state index in [1.165, 1.54) is 12.8 Å². The summed E-state index contributed by atoms with van der Waals surface area (Å²) >= 11 is 0. The second-order valence-corrected chi connectivity index (χ2v) is 8.53. The van der Waals surface area contributed by atoms with Gasteiger partial charge in [0, 0.05) is 58.8 Å². The Morgan fingerprint density at radius 2 is 2.00 bits per heavy atom. The van der Waals surface area contributed by atoms with Crippen LogP contribution in [0.25, 0.3) is 0 Å². The third-order valence-corrected chi connectivity index (χ3v) is 7.04. The number of likely N-dealkylation sites (tertiary alicyclic amines) is 2. The summed E-state index contributed by atoms with van der Waals surface area (Å²) < 4.78 is 13.2. The third-order valence-electron chi connectivity index (χ3n) is 7.04. The number of piperidine rings is 1. The van der Waals surface area contributed by atoms with Gasteiger partial charge < -0.3 is 23.8 Å². The van der Waals surface area contributed by atoms with Crippen molar-refractivity contribution in [3.8, 4) is 0 Å². The zero-order chi connectivity index (χ0) is 19.1. The third kappa shape index (κ3) is 3.25. The van der Waals surface area contributed by atoms with Gasteiger partial charge in [-0.15, -0.1) is 0 Å². The van der Waals surface area contributed by atoms with Crippen LogP contribution < -0.4 is 0 Å². The molecule has 1 saturated carbocycles. The monoisotopic (exact) mass is 376 g/mol. The molecular formula is C20H32N4O3. The number of methoxy groups -OCH3 is 1. The van der Waals surface area contributed by atoms with Crippen molar-refractivity contribution in [3.63, 3.8) is 0 Å². The van der Waals surface area contributed by atoms with Crippen LogP contribution in [0.3, 0.4) is 0 Å². The van der Waals surface area contributed by atoms with E-state index in [0.29, 0.717) is 18.1 Å². The van der Waals surface area contributed by atoms with Crippen molar-refractivity contribution in [1.29, 1.82) is 0 Å². The van der Waals surface area contributed by atoms with Crippen molar-refractivity contribution in [2.45, 2.75) is 50.7 Å². The first-order valence-electron chi connectivity index (χ1n) is 10.2. The number of rotatable bonds is 4. The molecule has 0 atom stereocenters. The van der Waals surface area contributed by atoms with Crippen LogP contribution in [-0.2, 0) is 22.1 Å². The summed E-state index contributed by atoms with van der Waals surface area (Å²) in [5.41, 5.74) is 0.0666. The van der Waals surface area contributed by atoms with Gasteiger partial charge in [-0.05, 0) is 44.4 Å². The lowest BCUT2D eigenvalue weighted by atomic mass is 9.64. The Balaban J connectivity index is 1.31. The van der Waals surface area contributed by atoms with Crippen LogP contribution in [0.15, 0.2) is 12.4 Å². The number of carbonyl (C=O) groups is 1. The minimum Gasteiger partial charge on any atom is -0.450 e. The maximum Gasteiger partial charge on any atom is 0.409 e. The fraction of sp³-hybridized carbons (Fsp3) is 0.800. The molecule has 3 aliphatic rings. The summed E-state index contributed by atoms with van der Waals surface area (Å²) in [6, 6.07) is 0.642. The van der Waals surface area contributed by atoms with Gasteiger partial charge in [-0.3, -0.25) is 0 Å². The highest BCUT2D eigenvalue weighted by Crippen LogP contribution is 2.51. The number of hydrogen-bond donors (Lipinski definition) is 0. The van der Waals surface area contributed by atoms with E-state index < -0.39 is 0 Å². The molecule has 1 amide bonds. The number of imidazole rings is 1. The van der Waals surface area contributed by atoms with E-state index in [1.807, 2.05) is 38.4 Å². The highest BCUT2D eigenvalue weighted by Gasteiger charge is 2.52. The quantitative estimate of drug-likeness (QED) is 0.807. The Labute approximate surface area is 161 Å².